The summed E-state index contributed by atoms with van der Waals surface area (Å²) in [6.45, 7) is 0.953. The first kappa shape index (κ1) is 9.75. The fraction of sp³-hybridized carbons (Fsp3) is 0.556. The largest absolute Gasteiger partial charge is 0.361 e. The van der Waals surface area contributed by atoms with Gasteiger partial charge >= 0.3 is 0 Å². The highest BCUT2D eigenvalue weighted by molar-refractivity contribution is 7.16. The average Bonchev–Trinajstić information content (AvgIpc) is 2.44. The van der Waals surface area contributed by atoms with Crippen molar-refractivity contribution in [1.29, 1.82) is 5.26 Å². The topological polar surface area (TPSA) is 48.7 Å². The van der Waals surface area contributed by atoms with Gasteiger partial charge in [-0.3, -0.25) is 0 Å². The molecule has 1 aromatic rings. The van der Waals surface area contributed by atoms with Gasteiger partial charge in [0, 0.05) is 6.54 Å². The third kappa shape index (κ3) is 1.99. The summed E-state index contributed by atoms with van der Waals surface area (Å²) in [7, 11) is 0. The van der Waals surface area contributed by atoms with E-state index < -0.39 is 0 Å². The maximum atomic E-state index is 8.67. The van der Waals surface area contributed by atoms with Crippen molar-refractivity contribution < 1.29 is 0 Å². The first-order chi connectivity index (χ1) is 6.79. The van der Waals surface area contributed by atoms with E-state index in [4.69, 9.17) is 16.9 Å². The Hall–Kier alpha value is -0.790. The average molecular weight is 228 g/mol. The summed E-state index contributed by atoms with van der Waals surface area (Å²) in [5, 5.41) is 13.0. The zero-order valence-electron chi connectivity index (χ0n) is 7.59. The highest BCUT2D eigenvalue weighted by atomic mass is 35.5. The predicted molar refractivity (Wildman–Crippen MR) is 57.7 cm³/mol. The fourth-order valence-electron chi connectivity index (χ4n) is 1.37. The summed E-state index contributed by atoms with van der Waals surface area (Å²) in [6.07, 6.45) is 3.95. The monoisotopic (exact) mass is 227 g/mol. The lowest BCUT2D eigenvalue weighted by atomic mass is 9.86. The maximum Gasteiger partial charge on any atom is 0.185 e. The molecule has 1 heterocycles. The molecule has 1 N–H and O–H groups in total. The number of rotatable bonds is 3. The third-order valence-corrected chi connectivity index (χ3v) is 3.76. The summed E-state index contributed by atoms with van der Waals surface area (Å²) in [4.78, 5) is 4.55. The van der Waals surface area contributed by atoms with Crippen molar-refractivity contribution in [3.63, 3.8) is 0 Å². The molecule has 1 aliphatic rings. The lowest BCUT2D eigenvalue weighted by Gasteiger charge is -2.25. The van der Waals surface area contributed by atoms with Crippen molar-refractivity contribution in [2.75, 3.05) is 11.9 Å². The minimum absolute atomic E-state index is 0.314. The molecule has 5 heteroatoms. The Morgan fingerprint density at radius 3 is 2.93 bits per heavy atom. The molecule has 1 aromatic heterocycles. The molecule has 0 aromatic carbocycles. The second-order valence-corrected chi connectivity index (χ2v) is 4.79. The summed E-state index contributed by atoms with van der Waals surface area (Å²) < 4.78 is 0. The fourth-order valence-corrected chi connectivity index (χ4v) is 2.33. The van der Waals surface area contributed by atoms with Gasteiger partial charge in [0.15, 0.2) is 10.3 Å². The summed E-state index contributed by atoms with van der Waals surface area (Å²) in [5.74, 6) is 0.781. The third-order valence-electron chi connectivity index (χ3n) is 2.45. The van der Waals surface area contributed by atoms with Crippen molar-refractivity contribution in [1.82, 2.24) is 4.98 Å². The van der Waals surface area contributed by atoms with Crippen LogP contribution in [0.15, 0.2) is 0 Å². The second-order valence-electron chi connectivity index (χ2n) is 3.43. The Bertz CT molecular complexity index is 365. The quantitative estimate of drug-likeness (QED) is 0.864. The van der Waals surface area contributed by atoms with Gasteiger partial charge in [-0.15, -0.1) is 0 Å². The molecule has 3 nitrogen and oxygen atoms in total. The summed E-state index contributed by atoms with van der Waals surface area (Å²) in [6, 6.07) is 2.02. The Kier molecular flexibility index (Phi) is 2.90. The SMILES string of the molecule is N#Cc1sc(NCC2CCC2)nc1Cl. The van der Waals surface area contributed by atoms with Crippen LogP contribution in [0.25, 0.3) is 0 Å². The van der Waals surface area contributed by atoms with Crippen LogP contribution < -0.4 is 5.32 Å². The van der Waals surface area contributed by atoms with Crippen molar-refractivity contribution in [3.05, 3.63) is 10.0 Å². The molecule has 0 saturated heterocycles. The highest BCUT2D eigenvalue weighted by Crippen LogP contribution is 2.29. The van der Waals surface area contributed by atoms with Crippen LogP contribution >= 0.6 is 22.9 Å². The van der Waals surface area contributed by atoms with E-state index in [-0.39, 0.29) is 0 Å². The van der Waals surface area contributed by atoms with Crippen molar-refractivity contribution in [3.8, 4) is 6.07 Å². The maximum absolute atomic E-state index is 8.67. The molecule has 74 valence electrons. The first-order valence-corrected chi connectivity index (χ1v) is 5.79. The van der Waals surface area contributed by atoms with Crippen LogP contribution in [0, 0.1) is 17.2 Å². The minimum atomic E-state index is 0.314. The van der Waals surface area contributed by atoms with Gasteiger partial charge in [0.25, 0.3) is 0 Å². The number of nitrogens with zero attached hydrogens (tertiary/aromatic N) is 2. The van der Waals surface area contributed by atoms with E-state index >= 15 is 0 Å². The standard InChI is InChI=1S/C9H10ClN3S/c10-8-7(4-11)14-9(13-8)12-5-6-2-1-3-6/h6H,1-3,5H2,(H,12,13). The number of hydrogen-bond acceptors (Lipinski definition) is 4. The van der Waals surface area contributed by atoms with Crippen LogP contribution in [0.5, 0.6) is 0 Å². The zero-order valence-corrected chi connectivity index (χ0v) is 9.16. The molecule has 1 aliphatic carbocycles. The van der Waals surface area contributed by atoms with Gasteiger partial charge in [0.1, 0.15) is 10.9 Å². The Morgan fingerprint density at radius 2 is 2.43 bits per heavy atom. The number of hydrogen-bond donors (Lipinski definition) is 1. The van der Waals surface area contributed by atoms with E-state index in [0.717, 1.165) is 17.6 Å². The molecular formula is C9H10ClN3S. The van der Waals surface area contributed by atoms with Gasteiger partial charge in [0.2, 0.25) is 0 Å². The number of thiazole rings is 1. The van der Waals surface area contributed by atoms with E-state index in [1.54, 1.807) is 0 Å². The van der Waals surface area contributed by atoms with Gasteiger partial charge in [0.05, 0.1) is 0 Å². The smallest absolute Gasteiger partial charge is 0.185 e. The van der Waals surface area contributed by atoms with Crippen LogP contribution in [0.3, 0.4) is 0 Å². The van der Waals surface area contributed by atoms with Crippen LogP contribution in [-0.4, -0.2) is 11.5 Å². The molecular weight excluding hydrogens is 218 g/mol. The number of halogens is 1. The Balaban J connectivity index is 1.92. The molecule has 0 amide bonds. The molecule has 2 rings (SSSR count). The van der Waals surface area contributed by atoms with E-state index in [0.29, 0.717) is 10.0 Å². The molecule has 1 fully saturated rings. The number of aromatic nitrogens is 1. The number of nitriles is 1. The van der Waals surface area contributed by atoms with Crippen molar-refractivity contribution in [2.24, 2.45) is 5.92 Å². The van der Waals surface area contributed by atoms with E-state index in [1.165, 1.54) is 30.6 Å². The predicted octanol–water partition coefficient (Wildman–Crippen LogP) is 2.88. The lowest BCUT2D eigenvalue weighted by molar-refractivity contribution is 0.333. The lowest BCUT2D eigenvalue weighted by Crippen LogP contribution is -2.20. The van der Waals surface area contributed by atoms with Gasteiger partial charge in [-0.1, -0.05) is 29.4 Å². The molecule has 14 heavy (non-hydrogen) atoms. The van der Waals surface area contributed by atoms with Crippen molar-refractivity contribution >= 4 is 28.1 Å². The Morgan fingerprint density at radius 1 is 1.64 bits per heavy atom. The molecule has 0 radical (unpaired) electrons. The van der Waals surface area contributed by atoms with E-state index in [9.17, 15) is 0 Å². The second kappa shape index (κ2) is 4.16. The molecule has 0 atom stereocenters. The number of nitrogens with one attached hydrogen (secondary N) is 1. The van der Waals surface area contributed by atoms with Crippen LogP contribution in [0.2, 0.25) is 5.15 Å². The van der Waals surface area contributed by atoms with Gasteiger partial charge in [-0.2, -0.15) is 5.26 Å². The first-order valence-electron chi connectivity index (χ1n) is 4.60. The molecule has 0 aliphatic heterocycles. The zero-order chi connectivity index (χ0) is 9.97. The normalized spacial score (nSPS) is 16.0. The van der Waals surface area contributed by atoms with Crippen LogP contribution in [-0.2, 0) is 0 Å². The van der Waals surface area contributed by atoms with Gasteiger partial charge in [-0.05, 0) is 18.8 Å². The minimum Gasteiger partial charge on any atom is -0.361 e. The molecule has 0 unspecified atom stereocenters. The molecule has 0 bridgehead atoms. The summed E-state index contributed by atoms with van der Waals surface area (Å²) in [5.41, 5.74) is 0. The highest BCUT2D eigenvalue weighted by Gasteiger charge is 2.17. The van der Waals surface area contributed by atoms with Crippen molar-refractivity contribution in [2.45, 2.75) is 19.3 Å². The van der Waals surface area contributed by atoms with E-state index in [2.05, 4.69) is 10.3 Å². The molecule has 1 saturated carbocycles. The number of anilines is 1. The van der Waals surface area contributed by atoms with Crippen LogP contribution in [0.1, 0.15) is 24.1 Å². The van der Waals surface area contributed by atoms with Gasteiger partial charge < -0.3 is 5.32 Å². The van der Waals surface area contributed by atoms with Crippen LogP contribution in [0.4, 0.5) is 5.13 Å². The summed E-state index contributed by atoms with van der Waals surface area (Å²) >= 11 is 7.07. The van der Waals surface area contributed by atoms with E-state index in [1.807, 2.05) is 6.07 Å². The Labute approximate surface area is 91.7 Å². The molecule has 0 spiro atoms. The van der Waals surface area contributed by atoms with Gasteiger partial charge in [-0.25, -0.2) is 4.98 Å².